The van der Waals surface area contributed by atoms with Crippen LogP contribution in [0.1, 0.15) is 24.1 Å². The molecule has 0 spiro atoms. The summed E-state index contributed by atoms with van der Waals surface area (Å²) in [6.07, 6.45) is 0. The zero-order valence-electron chi connectivity index (χ0n) is 14.5. The van der Waals surface area contributed by atoms with E-state index in [1.54, 1.807) is 14.2 Å². The minimum atomic E-state index is -0.233. The van der Waals surface area contributed by atoms with E-state index in [0.29, 0.717) is 17.2 Å². The summed E-state index contributed by atoms with van der Waals surface area (Å²) in [5.74, 6) is 1.92. The Hall–Kier alpha value is -2.69. The maximum atomic E-state index is 12.2. The van der Waals surface area contributed by atoms with Gasteiger partial charge in [-0.15, -0.1) is 0 Å². The number of amides is 1. The molecule has 0 aromatic heterocycles. The smallest absolute Gasteiger partial charge is 0.258 e. The van der Waals surface area contributed by atoms with Crippen LogP contribution in [-0.2, 0) is 4.79 Å². The van der Waals surface area contributed by atoms with Crippen molar-refractivity contribution in [3.05, 3.63) is 53.6 Å². The molecule has 1 amide bonds. The lowest BCUT2D eigenvalue weighted by Crippen LogP contribution is -2.31. The molecule has 128 valence electrons. The summed E-state index contributed by atoms with van der Waals surface area (Å²) in [7, 11) is 3.20. The van der Waals surface area contributed by atoms with Gasteiger partial charge in [0, 0.05) is 5.56 Å². The van der Waals surface area contributed by atoms with Gasteiger partial charge >= 0.3 is 0 Å². The third-order valence-electron chi connectivity index (χ3n) is 3.73. The van der Waals surface area contributed by atoms with Crippen molar-refractivity contribution in [3.63, 3.8) is 0 Å². The van der Waals surface area contributed by atoms with Crippen molar-refractivity contribution in [2.75, 3.05) is 20.8 Å². The molecule has 2 aromatic carbocycles. The minimum absolute atomic E-state index is 0.0402. The molecule has 1 N–H and O–H groups in total. The molecule has 0 saturated heterocycles. The summed E-state index contributed by atoms with van der Waals surface area (Å²) in [5, 5.41) is 2.91. The molecule has 0 aliphatic carbocycles. The summed E-state index contributed by atoms with van der Waals surface area (Å²) in [5.41, 5.74) is 1.84. The Morgan fingerprint density at radius 1 is 1.08 bits per heavy atom. The third kappa shape index (κ3) is 4.41. The lowest BCUT2D eigenvalue weighted by molar-refractivity contribution is -0.123. The number of hydrogen-bond donors (Lipinski definition) is 1. The van der Waals surface area contributed by atoms with Crippen LogP contribution in [0.15, 0.2) is 42.5 Å². The number of para-hydroxylation sites is 1. The monoisotopic (exact) mass is 329 g/mol. The SMILES string of the molecule is COc1ccc(OC)c(C(C)NC(=O)COc2ccccc2C)c1. The van der Waals surface area contributed by atoms with Gasteiger partial charge in [-0.05, 0) is 43.7 Å². The maximum absolute atomic E-state index is 12.2. The Bertz CT molecular complexity index is 700. The van der Waals surface area contributed by atoms with Gasteiger partial charge in [0.1, 0.15) is 17.2 Å². The normalized spacial score (nSPS) is 11.5. The molecule has 0 aliphatic rings. The van der Waals surface area contributed by atoms with Gasteiger partial charge in [-0.2, -0.15) is 0 Å². The number of aryl methyl sites for hydroxylation is 1. The molecule has 2 rings (SSSR count). The Morgan fingerprint density at radius 3 is 2.50 bits per heavy atom. The van der Waals surface area contributed by atoms with Gasteiger partial charge < -0.3 is 19.5 Å². The van der Waals surface area contributed by atoms with E-state index in [2.05, 4.69) is 5.32 Å². The van der Waals surface area contributed by atoms with E-state index >= 15 is 0 Å². The van der Waals surface area contributed by atoms with Crippen LogP contribution < -0.4 is 19.5 Å². The number of hydrogen-bond acceptors (Lipinski definition) is 4. The van der Waals surface area contributed by atoms with Crippen molar-refractivity contribution >= 4 is 5.91 Å². The van der Waals surface area contributed by atoms with Crippen molar-refractivity contribution in [1.29, 1.82) is 0 Å². The quantitative estimate of drug-likeness (QED) is 0.847. The number of methoxy groups -OCH3 is 2. The van der Waals surface area contributed by atoms with E-state index in [4.69, 9.17) is 14.2 Å². The average molecular weight is 329 g/mol. The molecular weight excluding hydrogens is 306 g/mol. The van der Waals surface area contributed by atoms with Crippen LogP contribution in [0.4, 0.5) is 0 Å². The van der Waals surface area contributed by atoms with Gasteiger partial charge in [-0.1, -0.05) is 18.2 Å². The second kappa shape index (κ2) is 8.24. The van der Waals surface area contributed by atoms with Crippen molar-refractivity contribution in [1.82, 2.24) is 5.32 Å². The van der Waals surface area contributed by atoms with Gasteiger partial charge in [0.2, 0.25) is 0 Å². The van der Waals surface area contributed by atoms with Crippen molar-refractivity contribution in [2.45, 2.75) is 19.9 Å². The van der Waals surface area contributed by atoms with Crippen molar-refractivity contribution < 1.29 is 19.0 Å². The number of carbonyl (C=O) groups is 1. The fraction of sp³-hybridized carbons (Fsp3) is 0.316. The molecular formula is C19H23NO4. The highest BCUT2D eigenvalue weighted by Crippen LogP contribution is 2.29. The van der Waals surface area contributed by atoms with Crippen LogP contribution in [-0.4, -0.2) is 26.7 Å². The summed E-state index contributed by atoms with van der Waals surface area (Å²) in [6.45, 7) is 3.79. The highest BCUT2D eigenvalue weighted by Gasteiger charge is 2.15. The summed E-state index contributed by atoms with van der Waals surface area (Å²) in [4.78, 5) is 12.2. The molecule has 0 saturated carbocycles. The van der Waals surface area contributed by atoms with Crippen LogP contribution in [0.3, 0.4) is 0 Å². The van der Waals surface area contributed by atoms with E-state index in [9.17, 15) is 4.79 Å². The van der Waals surface area contributed by atoms with Crippen LogP contribution >= 0.6 is 0 Å². The topological polar surface area (TPSA) is 56.8 Å². The molecule has 2 aromatic rings. The Kier molecular flexibility index (Phi) is 6.07. The second-order valence-corrected chi connectivity index (χ2v) is 5.45. The van der Waals surface area contributed by atoms with Crippen molar-refractivity contribution in [3.8, 4) is 17.2 Å². The van der Waals surface area contributed by atoms with Crippen LogP contribution in [0.5, 0.6) is 17.2 Å². The lowest BCUT2D eigenvalue weighted by Gasteiger charge is -2.18. The molecule has 1 atom stereocenters. The van der Waals surface area contributed by atoms with E-state index in [1.165, 1.54) is 0 Å². The first-order valence-electron chi connectivity index (χ1n) is 7.75. The third-order valence-corrected chi connectivity index (χ3v) is 3.73. The van der Waals surface area contributed by atoms with Gasteiger partial charge in [0.05, 0.1) is 20.3 Å². The average Bonchev–Trinajstić information content (AvgIpc) is 2.60. The van der Waals surface area contributed by atoms with Gasteiger partial charge in [0.25, 0.3) is 5.91 Å². The highest BCUT2D eigenvalue weighted by atomic mass is 16.5. The van der Waals surface area contributed by atoms with Crippen LogP contribution in [0, 0.1) is 6.92 Å². The fourth-order valence-electron chi connectivity index (χ4n) is 2.40. The van der Waals surface area contributed by atoms with Crippen LogP contribution in [0.2, 0.25) is 0 Å². The zero-order chi connectivity index (χ0) is 17.5. The molecule has 24 heavy (non-hydrogen) atoms. The van der Waals surface area contributed by atoms with Gasteiger partial charge in [-0.3, -0.25) is 4.79 Å². The summed E-state index contributed by atoms with van der Waals surface area (Å²) in [6, 6.07) is 12.9. The van der Waals surface area contributed by atoms with E-state index < -0.39 is 0 Å². The molecule has 0 radical (unpaired) electrons. The predicted octanol–water partition coefficient (Wildman–Crippen LogP) is 3.27. The van der Waals surface area contributed by atoms with Crippen LogP contribution in [0.25, 0.3) is 0 Å². The van der Waals surface area contributed by atoms with E-state index in [0.717, 1.165) is 11.1 Å². The standard InChI is InChI=1S/C19H23NO4/c1-13-7-5-6-8-17(13)24-12-19(21)20-14(2)16-11-15(22-3)9-10-18(16)23-4/h5-11,14H,12H2,1-4H3,(H,20,21). The number of ether oxygens (including phenoxy) is 3. The summed E-state index contributed by atoms with van der Waals surface area (Å²) >= 11 is 0. The zero-order valence-corrected chi connectivity index (χ0v) is 14.5. The largest absolute Gasteiger partial charge is 0.497 e. The molecule has 0 heterocycles. The van der Waals surface area contributed by atoms with Gasteiger partial charge in [-0.25, -0.2) is 0 Å². The number of nitrogens with one attached hydrogen (secondary N) is 1. The molecule has 0 fully saturated rings. The molecule has 0 aliphatic heterocycles. The maximum Gasteiger partial charge on any atom is 0.258 e. The predicted molar refractivity (Wildman–Crippen MR) is 92.8 cm³/mol. The Labute approximate surface area is 142 Å². The second-order valence-electron chi connectivity index (χ2n) is 5.45. The van der Waals surface area contributed by atoms with Gasteiger partial charge in [0.15, 0.2) is 6.61 Å². The highest BCUT2D eigenvalue weighted by molar-refractivity contribution is 5.78. The Morgan fingerprint density at radius 2 is 1.83 bits per heavy atom. The van der Waals surface area contributed by atoms with E-state index in [-0.39, 0.29) is 18.6 Å². The van der Waals surface area contributed by atoms with Crippen molar-refractivity contribution in [2.24, 2.45) is 0 Å². The first kappa shape index (κ1) is 17.7. The Balaban J connectivity index is 2.00. The first-order chi connectivity index (χ1) is 11.5. The van der Waals surface area contributed by atoms with E-state index in [1.807, 2.05) is 56.3 Å². The number of benzene rings is 2. The number of rotatable bonds is 7. The first-order valence-corrected chi connectivity index (χ1v) is 7.75. The lowest BCUT2D eigenvalue weighted by atomic mass is 10.1. The fourth-order valence-corrected chi connectivity index (χ4v) is 2.40. The summed E-state index contributed by atoms with van der Waals surface area (Å²) < 4.78 is 16.2. The minimum Gasteiger partial charge on any atom is -0.497 e. The molecule has 1 unspecified atom stereocenters. The number of carbonyl (C=O) groups excluding carboxylic acids is 1. The molecule has 0 bridgehead atoms. The molecule has 5 heteroatoms. The molecule has 5 nitrogen and oxygen atoms in total.